The molecule has 0 spiro atoms. The first-order valence-corrected chi connectivity index (χ1v) is 6.42. The lowest BCUT2D eigenvalue weighted by molar-refractivity contribution is -0.140. The van der Waals surface area contributed by atoms with Crippen LogP contribution >= 0.6 is 7.37 Å². The molecule has 1 aliphatic rings. The van der Waals surface area contributed by atoms with Gasteiger partial charge in [0.05, 0.1) is 12.0 Å². The molecule has 4 nitrogen and oxygen atoms in total. The van der Waals surface area contributed by atoms with Crippen LogP contribution in [0.4, 0.5) is 0 Å². The maximum absolute atomic E-state index is 11.9. The van der Waals surface area contributed by atoms with Gasteiger partial charge in [0.2, 0.25) is 7.37 Å². The summed E-state index contributed by atoms with van der Waals surface area (Å²) in [6.07, 6.45) is 1.03. The van der Waals surface area contributed by atoms with Crippen LogP contribution in [-0.2, 0) is 13.9 Å². The Morgan fingerprint density at radius 3 is 2.62 bits per heavy atom. The molecule has 0 aromatic heterocycles. The van der Waals surface area contributed by atoms with Crippen LogP contribution in [0.15, 0.2) is 0 Å². The minimum Gasteiger partial charge on any atom is -0.481 e. The molecule has 2 atom stereocenters. The van der Waals surface area contributed by atoms with Gasteiger partial charge in [-0.2, -0.15) is 0 Å². The quantitative estimate of drug-likeness (QED) is 0.715. The number of aliphatic carboxylic acids is 1. The third-order valence-corrected chi connectivity index (χ3v) is 4.81. The average Bonchev–Trinajstić information content (AvgIpc) is 2.29. The van der Waals surface area contributed by atoms with Crippen molar-refractivity contribution in [3.63, 3.8) is 0 Å². The minimum atomic E-state index is -2.62. The molecule has 1 saturated heterocycles. The van der Waals surface area contributed by atoms with Gasteiger partial charge in [0, 0.05) is 12.3 Å². The molecule has 0 radical (unpaired) electrons. The van der Waals surface area contributed by atoms with Crippen LogP contribution in [0, 0.1) is 5.92 Å². The summed E-state index contributed by atoms with van der Waals surface area (Å²) >= 11 is 0. The number of carboxylic acid groups (broad SMARTS) is 1. The van der Waals surface area contributed by atoms with E-state index < -0.39 is 19.3 Å². The minimum absolute atomic E-state index is 0.0848. The first-order chi connectivity index (χ1) is 5.93. The molecular formula is C8H15O4P. The van der Waals surface area contributed by atoms with Crippen molar-refractivity contribution in [2.24, 2.45) is 5.92 Å². The molecule has 76 valence electrons. The van der Waals surface area contributed by atoms with Crippen LogP contribution in [0.5, 0.6) is 0 Å². The zero-order chi connectivity index (χ0) is 10.1. The first kappa shape index (κ1) is 10.7. The van der Waals surface area contributed by atoms with E-state index in [0.717, 1.165) is 0 Å². The molecule has 1 N–H and O–H groups in total. The van der Waals surface area contributed by atoms with Crippen LogP contribution in [0.3, 0.4) is 0 Å². The van der Waals surface area contributed by atoms with Gasteiger partial charge < -0.3 is 9.63 Å². The summed E-state index contributed by atoms with van der Waals surface area (Å²) in [6, 6.07) is 0. The fourth-order valence-corrected chi connectivity index (χ4v) is 4.41. The molecule has 0 aliphatic carbocycles. The molecule has 5 heteroatoms. The summed E-state index contributed by atoms with van der Waals surface area (Å²) in [6.45, 7) is 3.63. The van der Waals surface area contributed by atoms with Crippen molar-refractivity contribution in [1.29, 1.82) is 0 Å². The lowest BCUT2D eigenvalue weighted by atomic mass is 10.1. The second kappa shape index (κ2) is 3.81. The molecule has 1 fully saturated rings. The normalized spacial score (nSPS) is 33.9. The average molecular weight is 206 g/mol. The van der Waals surface area contributed by atoms with Crippen LogP contribution in [-0.4, -0.2) is 29.5 Å². The summed E-state index contributed by atoms with van der Waals surface area (Å²) in [4.78, 5) is 10.6. The van der Waals surface area contributed by atoms with Crippen LogP contribution in [0.2, 0.25) is 0 Å². The molecule has 0 bridgehead atoms. The van der Waals surface area contributed by atoms with Gasteiger partial charge in [0.15, 0.2) is 0 Å². The van der Waals surface area contributed by atoms with Crippen molar-refractivity contribution in [3.8, 4) is 0 Å². The van der Waals surface area contributed by atoms with E-state index >= 15 is 0 Å². The smallest absolute Gasteiger partial charge is 0.307 e. The fraction of sp³-hybridized carbons (Fsp3) is 0.875. The summed E-state index contributed by atoms with van der Waals surface area (Å²) in [7, 11) is -2.62. The fourth-order valence-electron chi connectivity index (χ4n) is 1.55. The molecule has 13 heavy (non-hydrogen) atoms. The topological polar surface area (TPSA) is 63.6 Å². The standard InChI is InChI=1S/C8H15O4P/c1-6(2)12-13(11)4-3-7(5-13)8(9)10/h6-7H,3-5H2,1-2H3,(H,9,10). The van der Waals surface area contributed by atoms with Gasteiger partial charge in [0.25, 0.3) is 0 Å². The van der Waals surface area contributed by atoms with E-state index in [1.54, 1.807) is 0 Å². The summed E-state index contributed by atoms with van der Waals surface area (Å²) in [5.41, 5.74) is 0. The van der Waals surface area contributed by atoms with Gasteiger partial charge in [-0.3, -0.25) is 9.36 Å². The van der Waals surface area contributed by atoms with Gasteiger partial charge >= 0.3 is 5.97 Å². The van der Waals surface area contributed by atoms with Gasteiger partial charge in [-0.25, -0.2) is 0 Å². The SMILES string of the molecule is CC(C)OP1(=O)CCC(C(=O)O)C1. The zero-order valence-electron chi connectivity index (χ0n) is 7.90. The molecular weight excluding hydrogens is 191 g/mol. The van der Waals surface area contributed by atoms with E-state index in [2.05, 4.69) is 0 Å². The monoisotopic (exact) mass is 206 g/mol. The molecule has 0 saturated carbocycles. The highest BCUT2D eigenvalue weighted by atomic mass is 31.2. The van der Waals surface area contributed by atoms with E-state index in [-0.39, 0.29) is 12.3 Å². The van der Waals surface area contributed by atoms with Crippen molar-refractivity contribution in [2.75, 3.05) is 12.3 Å². The number of carbonyl (C=O) groups is 1. The van der Waals surface area contributed by atoms with E-state index in [0.29, 0.717) is 12.6 Å². The third kappa shape index (κ3) is 2.82. The molecule has 0 amide bonds. The largest absolute Gasteiger partial charge is 0.481 e. The summed E-state index contributed by atoms with van der Waals surface area (Å²) < 4.78 is 17.1. The van der Waals surface area contributed by atoms with Gasteiger partial charge in [-0.15, -0.1) is 0 Å². The lowest BCUT2D eigenvalue weighted by Crippen LogP contribution is -2.12. The van der Waals surface area contributed by atoms with Crippen LogP contribution in [0.1, 0.15) is 20.3 Å². The highest BCUT2D eigenvalue weighted by Crippen LogP contribution is 2.55. The predicted molar refractivity (Wildman–Crippen MR) is 49.3 cm³/mol. The summed E-state index contributed by atoms with van der Waals surface area (Å²) in [5, 5.41) is 8.70. The second-order valence-corrected chi connectivity index (χ2v) is 6.35. The Morgan fingerprint density at radius 1 is 1.62 bits per heavy atom. The van der Waals surface area contributed by atoms with Crippen LogP contribution in [0.25, 0.3) is 0 Å². The van der Waals surface area contributed by atoms with Gasteiger partial charge in [0.1, 0.15) is 0 Å². The van der Waals surface area contributed by atoms with Crippen molar-refractivity contribution in [2.45, 2.75) is 26.4 Å². The maximum atomic E-state index is 11.9. The van der Waals surface area contributed by atoms with Crippen LogP contribution < -0.4 is 0 Å². The Balaban J connectivity index is 2.56. The molecule has 2 unspecified atom stereocenters. The molecule has 1 aliphatic heterocycles. The Labute approximate surface area is 77.7 Å². The van der Waals surface area contributed by atoms with Gasteiger partial charge in [-0.05, 0) is 20.3 Å². The van der Waals surface area contributed by atoms with Crippen molar-refractivity contribution < 1.29 is 19.0 Å². The van der Waals surface area contributed by atoms with Crippen molar-refractivity contribution >= 4 is 13.3 Å². The lowest BCUT2D eigenvalue weighted by Gasteiger charge is -2.15. The number of rotatable bonds is 3. The number of hydrogen-bond donors (Lipinski definition) is 1. The Morgan fingerprint density at radius 2 is 2.23 bits per heavy atom. The number of hydrogen-bond acceptors (Lipinski definition) is 3. The molecule has 0 aromatic carbocycles. The highest BCUT2D eigenvalue weighted by Gasteiger charge is 2.39. The van der Waals surface area contributed by atoms with Crippen molar-refractivity contribution in [1.82, 2.24) is 0 Å². The van der Waals surface area contributed by atoms with Crippen molar-refractivity contribution in [3.05, 3.63) is 0 Å². The van der Waals surface area contributed by atoms with E-state index in [4.69, 9.17) is 9.63 Å². The molecule has 1 heterocycles. The van der Waals surface area contributed by atoms with E-state index in [9.17, 15) is 9.36 Å². The number of carboxylic acids is 1. The second-order valence-electron chi connectivity index (χ2n) is 3.70. The summed E-state index contributed by atoms with van der Waals surface area (Å²) in [5.74, 6) is -1.32. The predicted octanol–water partition coefficient (Wildman–Crippen LogP) is 1.79. The third-order valence-electron chi connectivity index (χ3n) is 2.07. The maximum Gasteiger partial charge on any atom is 0.307 e. The first-order valence-electron chi connectivity index (χ1n) is 4.42. The molecule has 0 aromatic rings. The Bertz CT molecular complexity index is 249. The van der Waals surface area contributed by atoms with E-state index in [1.807, 2.05) is 13.8 Å². The zero-order valence-corrected chi connectivity index (χ0v) is 8.79. The Kier molecular flexibility index (Phi) is 3.14. The highest BCUT2D eigenvalue weighted by molar-refractivity contribution is 7.59. The van der Waals surface area contributed by atoms with E-state index in [1.165, 1.54) is 0 Å². The molecule has 1 rings (SSSR count). The van der Waals surface area contributed by atoms with Gasteiger partial charge in [-0.1, -0.05) is 0 Å². The Hall–Kier alpha value is -0.340.